The molecule has 2 aromatic rings. The van der Waals surface area contributed by atoms with Crippen LogP contribution in [0.5, 0.6) is 0 Å². The van der Waals surface area contributed by atoms with Crippen molar-refractivity contribution in [2.75, 3.05) is 36.7 Å². The molecule has 3 atom stereocenters. The summed E-state index contributed by atoms with van der Waals surface area (Å²) in [5.41, 5.74) is 5.37. The fourth-order valence-corrected chi connectivity index (χ4v) is 4.35. The molecule has 2 aromatic carbocycles. The van der Waals surface area contributed by atoms with Gasteiger partial charge in [-0.15, -0.1) is 0 Å². The number of hydrogen-bond donors (Lipinski definition) is 2. The number of rotatable bonds is 3. The molecule has 6 nitrogen and oxygen atoms in total. The molecule has 0 bridgehead atoms. The van der Waals surface area contributed by atoms with E-state index in [9.17, 15) is 9.59 Å². The monoisotopic (exact) mass is 405 g/mol. The number of Topliss-reactive ketones (excluding diaryl/α,β-unsaturated/α-hetero) is 1. The Morgan fingerprint density at radius 1 is 1.07 bits per heavy atom. The Hall–Kier alpha value is -3.28. The van der Waals surface area contributed by atoms with Crippen LogP contribution in [0.2, 0.25) is 0 Å². The van der Waals surface area contributed by atoms with Crippen LogP contribution in [-0.2, 0) is 14.3 Å². The molecule has 156 valence electrons. The summed E-state index contributed by atoms with van der Waals surface area (Å²) in [6.45, 7) is 1.93. The first-order valence-corrected chi connectivity index (χ1v) is 10.2. The van der Waals surface area contributed by atoms with Gasteiger partial charge in [-0.05, 0) is 42.2 Å². The van der Waals surface area contributed by atoms with E-state index in [0.29, 0.717) is 12.0 Å². The number of anilines is 3. The number of nitrogens with one attached hydrogen (secondary N) is 2. The molecule has 0 radical (unpaired) electrons. The molecule has 0 unspecified atom stereocenters. The highest BCUT2D eigenvalue weighted by atomic mass is 16.5. The minimum Gasteiger partial charge on any atom is -0.468 e. The third-order valence-electron chi connectivity index (χ3n) is 5.97. The van der Waals surface area contributed by atoms with E-state index >= 15 is 0 Å². The van der Waals surface area contributed by atoms with E-state index in [-0.39, 0.29) is 17.7 Å². The van der Waals surface area contributed by atoms with Crippen LogP contribution in [-0.4, -0.2) is 33.0 Å². The van der Waals surface area contributed by atoms with Crippen LogP contribution in [0.1, 0.15) is 24.9 Å². The van der Waals surface area contributed by atoms with Crippen LogP contribution in [0.15, 0.2) is 59.8 Å². The van der Waals surface area contributed by atoms with Crippen LogP contribution in [0, 0.1) is 11.8 Å². The Kier molecular flexibility index (Phi) is 5.24. The Bertz CT molecular complexity index is 1010. The van der Waals surface area contributed by atoms with Crippen molar-refractivity contribution in [3.05, 3.63) is 65.4 Å². The smallest absolute Gasteiger partial charge is 0.316 e. The van der Waals surface area contributed by atoms with E-state index in [1.807, 2.05) is 74.4 Å². The summed E-state index contributed by atoms with van der Waals surface area (Å²) in [5, 5.41) is 7.00. The van der Waals surface area contributed by atoms with Gasteiger partial charge in [0.05, 0.1) is 24.5 Å². The van der Waals surface area contributed by atoms with Crippen LogP contribution in [0.3, 0.4) is 0 Å². The number of esters is 1. The molecule has 0 amide bonds. The molecule has 30 heavy (non-hydrogen) atoms. The van der Waals surface area contributed by atoms with Gasteiger partial charge in [-0.3, -0.25) is 9.59 Å². The van der Waals surface area contributed by atoms with Crippen LogP contribution in [0.25, 0.3) is 0 Å². The average Bonchev–Trinajstić information content (AvgIpc) is 2.90. The summed E-state index contributed by atoms with van der Waals surface area (Å²) in [7, 11) is 5.32. The maximum atomic E-state index is 13.6. The lowest BCUT2D eigenvalue weighted by Gasteiger charge is -2.32. The number of carbonyl (C=O) groups excluding carboxylic acids is 2. The van der Waals surface area contributed by atoms with Crippen LogP contribution < -0.4 is 15.5 Å². The van der Waals surface area contributed by atoms with E-state index in [4.69, 9.17) is 4.74 Å². The number of para-hydroxylation sites is 2. The Balaban J connectivity index is 1.84. The van der Waals surface area contributed by atoms with Gasteiger partial charge in [0.1, 0.15) is 5.92 Å². The van der Waals surface area contributed by atoms with E-state index in [1.54, 1.807) is 0 Å². The number of nitrogens with zero attached hydrogens (tertiary/aromatic N) is 1. The van der Waals surface area contributed by atoms with Gasteiger partial charge in [0, 0.05) is 31.1 Å². The second-order valence-electron chi connectivity index (χ2n) is 8.17. The van der Waals surface area contributed by atoms with E-state index in [1.165, 1.54) is 7.11 Å². The van der Waals surface area contributed by atoms with Crippen LogP contribution >= 0.6 is 0 Å². The summed E-state index contributed by atoms with van der Waals surface area (Å²) in [6, 6.07) is 15.7. The van der Waals surface area contributed by atoms with Crippen molar-refractivity contribution in [1.82, 2.24) is 0 Å². The highest BCUT2D eigenvalue weighted by molar-refractivity contribution is 6.11. The summed E-state index contributed by atoms with van der Waals surface area (Å²) < 4.78 is 4.96. The Morgan fingerprint density at radius 3 is 2.37 bits per heavy atom. The predicted octanol–water partition coefficient (Wildman–Crippen LogP) is 3.98. The number of fused-ring (bicyclic) bond motifs is 1. The van der Waals surface area contributed by atoms with Crippen molar-refractivity contribution in [2.24, 2.45) is 11.8 Å². The fraction of sp³-hybridized carbons (Fsp3) is 0.333. The number of allylic oxidation sites excluding steroid dienone is 1. The van der Waals surface area contributed by atoms with E-state index in [2.05, 4.69) is 10.6 Å². The molecule has 0 saturated carbocycles. The number of ketones is 1. The molecule has 6 heteroatoms. The predicted molar refractivity (Wildman–Crippen MR) is 119 cm³/mol. The number of benzene rings is 2. The molecule has 1 heterocycles. The van der Waals surface area contributed by atoms with Crippen molar-refractivity contribution in [1.29, 1.82) is 0 Å². The van der Waals surface area contributed by atoms with Gasteiger partial charge in [0.15, 0.2) is 5.78 Å². The molecule has 2 aliphatic rings. The van der Waals surface area contributed by atoms with Crippen molar-refractivity contribution in [2.45, 2.75) is 19.4 Å². The molecule has 2 N–H and O–H groups in total. The van der Waals surface area contributed by atoms with Gasteiger partial charge in [0.25, 0.3) is 0 Å². The quantitative estimate of drug-likeness (QED) is 0.595. The molecular formula is C24H27N3O3. The number of methoxy groups -OCH3 is 1. The van der Waals surface area contributed by atoms with Gasteiger partial charge < -0.3 is 20.3 Å². The first-order valence-electron chi connectivity index (χ1n) is 10.2. The van der Waals surface area contributed by atoms with Crippen molar-refractivity contribution in [3.63, 3.8) is 0 Å². The van der Waals surface area contributed by atoms with Gasteiger partial charge >= 0.3 is 5.97 Å². The minimum absolute atomic E-state index is 0.141. The highest BCUT2D eigenvalue weighted by Gasteiger charge is 2.44. The average molecular weight is 405 g/mol. The first-order chi connectivity index (χ1) is 14.4. The first kappa shape index (κ1) is 20.0. The van der Waals surface area contributed by atoms with Crippen molar-refractivity contribution in [3.8, 4) is 0 Å². The van der Waals surface area contributed by atoms with Gasteiger partial charge in [-0.2, -0.15) is 0 Å². The molecule has 0 spiro atoms. The Labute approximate surface area is 176 Å². The lowest BCUT2D eigenvalue weighted by atomic mass is 9.75. The van der Waals surface area contributed by atoms with Crippen molar-refractivity contribution < 1.29 is 14.3 Å². The molecule has 1 aliphatic carbocycles. The zero-order valence-electron chi connectivity index (χ0n) is 17.7. The topological polar surface area (TPSA) is 70.7 Å². The van der Waals surface area contributed by atoms with Gasteiger partial charge in [-0.1, -0.05) is 31.2 Å². The number of hydrogen-bond acceptors (Lipinski definition) is 6. The zero-order valence-corrected chi connectivity index (χ0v) is 17.7. The molecule has 0 fully saturated rings. The lowest BCUT2D eigenvalue weighted by Crippen LogP contribution is -2.39. The molecular weight excluding hydrogens is 378 g/mol. The second-order valence-corrected chi connectivity index (χ2v) is 8.17. The molecule has 4 rings (SSSR count). The second kappa shape index (κ2) is 7.86. The van der Waals surface area contributed by atoms with Crippen molar-refractivity contribution >= 4 is 28.8 Å². The van der Waals surface area contributed by atoms with Gasteiger partial charge in [-0.25, -0.2) is 0 Å². The Morgan fingerprint density at radius 2 is 1.73 bits per heavy atom. The normalized spacial score (nSPS) is 22.8. The molecule has 0 aromatic heterocycles. The minimum atomic E-state index is -0.790. The fourth-order valence-electron chi connectivity index (χ4n) is 4.35. The summed E-state index contributed by atoms with van der Waals surface area (Å²) in [5.74, 6) is -1.58. The maximum Gasteiger partial charge on any atom is 0.316 e. The molecule has 1 aliphatic heterocycles. The molecule has 0 saturated heterocycles. The highest BCUT2D eigenvalue weighted by Crippen LogP contribution is 2.43. The maximum absolute atomic E-state index is 13.6. The van der Waals surface area contributed by atoms with Gasteiger partial charge in [0.2, 0.25) is 0 Å². The number of carbonyl (C=O) groups is 2. The zero-order chi connectivity index (χ0) is 21.4. The van der Waals surface area contributed by atoms with E-state index < -0.39 is 11.9 Å². The standard InChI is InChI=1S/C24H27N3O3/c1-14-13-19-21(23(28)20(14)24(29)30-4)22(15-9-11-16(12-10-15)27(2)3)26-18-8-6-5-7-17(18)25-19/h5-12,14,20,22,25-26H,13H2,1-4H3/t14-,20+,22-/m0/s1. The number of ether oxygens (including phenoxy) is 1. The van der Waals surface area contributed by atoms with Crippen LogP contribution in [0.4, 0.5) is 17.1 Å². The SMILES string of the molecule is COC(=O)[C@H]1C(=O)C2=C(C[C@@H]1C)Nc1ccccc1N[C@H]2c1ccc(N(C)C)cc1. The van der Waals surface area contributed by atoms with E-state index in [0.717, 1.165) is 28.3 Å². The third kappa shape index (κ3) is 3.43. The summed E-state index contributed by atoms with van der Waals surface area (Å²) in [4.78, 5) is 28.0. The summed E-state index contributed by atoms with van der Waals surface area (Å²) in [6.07, 6.45) is 0.600. The largest absolute Gasteiger partial charge is 0.468 e. The lowest BCUT2D eigenvalue weighted by molar-refractivity contribution is -0.151. The summed E-state index contributed by atoms with van der Waals surface area (Å²) >= 11 is 0. The third-order valence-corrected chi connectivity index (χ3v) is 5.97.